The average Bonchev–Trinajstić information content (AvgIpc) is 2.36. The van der Waals surface area contributed by atoms with Gasteiger partial charge >= 0.3 is 5.97 Å². The Bertz CT molecular complexity index is 457. The molecule has 1 aromatic carbocycles. The first kappa shape index (κ1) is 15.4. The predicted molar refractivity (Wildman–Crippen MR) is 68.6 cm³/mol. The highest BCUT2D eigenvalue weighted by Gasteiger charge is 2.23. The first-order chi connectivity index (χ1) is 8.92. The molecule has 1 N–H and O–H groups in total. The van der Waals surface area contributed by atoms with Crippen LogP contribution < -0.4 is 4.74 Å². The number of hydrogen-bond acceptors (Lipinski definition) is 4. The van der Waals surface area contributed by atoms with Gasteiger partial charge in [0.15, 0.2) is 6.10 Å². The number of rotatable bonds is 5. The Labute approximate surface area is 112 Å². The smallest absolute Gasteiger partial charge is 0.339 e. The van der Waals surface area contributed by atoms with Crippen molar-refractivity contribution in [3.8, 4) is 5.75 Å². The molecule has 0 radical (unpaired) electrons. The van der Waals surface area contributed by atoms with E-state index >= 15 is 0 Å². The summed E-state index contributed by atoms with van der Waals surface area (Å²) in [6.45, 7) is 5.46. The normalized spacial score (nSPS) is 12.4. The number of carbonyl (C=O) groups is 1. The fourth-order valence-electron chi connectivity index (χ4n) is 1.86. The molecule has 0 aromatic heterocycles. The Morgan fingerprint density at radius 3 is 2.53 bits per heavy atom. The van der Waals surface area contributed by atoms with Crippen LogP contribution in [0.5, 0.6) is 5.75 Å². The highest BCUT2D eigenvalue weighted by molar-refractivity contribution is 5.76. The van der Waals surface area contributed by atoms with Crippen molar-refractivity contribution in [2.24, 2.45) is 0 Å². The van der Waals surface area contributed by atoms with Gasteiger partial charge in [-0.25, -0.2) is 9.18 Å². The summed E-state index contributed by atoms with van der Waals surface area (Å²) in [4.78, 5) is 11.4. The number of aliphatic hydroxyl groups is 1. The van der Waals surface area contributed by atoms with E-state index in [1.165, 1.54) is 13.2 Å². The topological polar surface area (TPSA) is 55.8 Å². The Balaban J connectivity index is 3.18. The van der Waals surface area contributed by atoms with E-state index in [1.807, 2.05) is 13.8 Å². The van der Waals surface area contributed by atoms with Gasteiger partial charge in [0, 0.05) is 5.56 Å². The van der Waals surface area contributed by atoms with Crippen LogP contribution in [0.15, 0.2) is 12.1 Å². The monoisotopic (exact) mass is 270 g/mol. The van der Waals surface area contributed by atoms with Crippen molar-refractivity contribution in [1.29, 1.82) is 0 Å². The Morgan fingerprint density at radius 2 is 2.05 bits per heavy atom. The number of esters is 1. The van der Waals surface area contributed by atoms with Gasteiger partial charge in [-0.3, -0.25) is 0 Å². The van der Waals surface area contributed by atoms with Crippen LogP contribution in [0.2, 0.25) is 0 Å². The average molecular weight is 270 g/mol. The highest BCUT2D eigenvalue weighted by Crippen LogP contribution is 2.32. The molecule has 1 unspecified atom stereocenters. The van der Waals surface area contributed by atoms with Crippen LogP contribution in [0.4, 0.5) is 4.39 Å². The lowest BCUT2D eigenvalue weighted by atomic mass is 9.97. The second-order valence-corrected chi connectivity index (χ2v) is 4.43. The molecule has 0 saturated heterocycles. The molecule has 5 heteroatoms. The maximum absolute atomic E-state index is 14.0. The molecule has 0 fully saturated rings. The van der Waals surface area contributed by atoms with Gasteiger partial charge in [0.1, 0.15) is 11.6 Å². The van der Waals surface area contributed by atoms with Gasteiger partial charge in [-0.05, 0) is 30.5 Å². The Morgan fingerprint density at radius 1 is 1.42 bits per heavy atom. The molecule has 0 heterocycles. The summed E-state index contributed by atoms with van der Waals surface area (Å²) < 4.78 is 23.8. The molecule has 0 saturated carbocycles. The summed E-state index contributed by atoms with van der Waals surface area (Å²) in [6.07, 6.45) is -1.51. The van der Waals surface area contributed by atoms with E-state index in [2.05, 4.69) is 0 Å². The van der Waals surface area contributed by atoms with Crippen molar-refractivity contribution in [2.75, 3.05) is 13.7 Å². The van der Waals surface area contributed by atoms with Gasteiger partial charge in [0.2, 0.25) is 0 Å². The molecule has 1 atom stereocenters. The Hall–Kier alpha value is -1.62. The van der Waals surface area contributed by atoms with Gasteiger partial charge < -0.3 is 14.6 Å². The van der Waals surface area contributed by atoms with E-state index in [0.29, 0.717) is 11.3 Å². The molecule has 1 aromatic rings. The minimum atomic E-state index is -1.51. The number of aliphatic hydroxyl groups excluding tert-OH is 1. The van der Waals surface area contributed by atoms with Gasteiger partial charge in [-0.15, -0.1) is 0 Å². The number of carbonyl (C=O) groups excluding carboxylic acids is 1. The number of halogens is 1. The number of ether oxygens (including phenoxy) is 2. The van der Waals surface area contributed by atoms with E-state index in [0.717, 1.165) is 6.07 Å². The summed E-state index contributed by atoms with van der Waals surface area (Å²) >= 11 is 0. The molecule has 19 heavy (non-hydrogen) atoms. The Kier molecular flexibility index (Phi) is 5.30. The van der Waals surface area contributed by atoms with Gasteiger partial charge in [-0.1, -0.05) is 13.8 Å². The van der Waals surface area contributed by atoms with E-state index in [4.69, 9.17) is 9.47 Å². The molecule has 0 spiro atoms. The van der Waals surface area contributed by atoms with E-state index in [1.54, 1.807) is 6.92 Å². The lowest BCUT2D eigenvalue weighted by molar-refractivity contribution is -0.153. The van der Waals surface area contributed by atoms with Gasteiger partial charge in [0.25, 0.3) is 0 Å². The zero-order valence-corrected chi connectivity index (χ0v) is 11.6. The van der Waals surface area contributed by atoms with Crippen LogP contribution in [0.1, 0.15) is 43.9 Å². The van der Waals surface area contributed by atoms with Crippen molar-refractivity contribution in [1.82, 2.24) is 0 Å². The largest absolute Gasteiger partial charge is 0.496 e. The second-order valence-electron chi connectivity index (χ2n) is 4.43. The predicted octanol–water partition coefficient (Wildman–Crippen LogP) is 2.55. The number of benzene rings is 1. The standard InChI is InChI=1S/C14H19FO4/c1-5-19-14(17)13(16)9-6-10(15)12(8(2)3)11(7-9)18-4/h6-8,13,16H,5H2,1-4H3. The summed E-state index contributed by atoms with van der Waals surface area (Å²) in [5.41, 5.74) is 0.541. The molecule has 4 nitrogen and oxygen atoms in total. The van der Waals surface area contributed by atoms with Crippen molar-refractivity contribution in [3.63, 3.8) is 0 Å². The fourth-order valence-corrected chi connectivity index (χ4v) is 1.86. The maximum Gasteiger partial charge on any atom is 0.339 e. The van der Waals surface area contributed by atoms with E-state index in [9.17, 15) is 14.3 Å². The van der Waals surface area contributed by atoms with Crippen LogP contribution in [0.3, 0.4) is 0 Å². The molecular weight excluding hydrogens is 251 g/mol. The lowest BCUT2D eigenvalue weighted by Gasteiger charge is -2.16. The lowest BCUT2D eigenvalue weighted by Crippen LogP contribution is -2.16. The summed E-state index contributed by atoms with van der Waals surface area (Å²) in [5.74, 6) is -1.06. The highest BCUT2D eigenvalue weighted by atomic mass is 19.1. The van der Waals surface area contributed by atoms with Gasteiger partial charge in [0.05, 0.1) is 13.7 Å². The van der Waals surface area contributed by atoms with Crippen LogP contribution in [-0.4, -0.2) is 24.8 Å². The van der Waals surface area contributed by atoms with Crippen LogP contribution in [0, 0.1) is 5.82 Å². The van der Waals surface area contributed by atoms with Crippen LogP contribution in [-0.2, 0) is 9.53 Å². The molecule has 0 amide bonds. The number of methoxy groups -OCH3 is 1. The number of hydrogen-bond donors (Lipinski definition) is 1. The van der Waals surface area contributed by atoms with Crippen molar-refractivity contribution in [3.05, 3.63) is 29.1 Å². The van der Waals surface area contributed by atoms with Crippen LogP contribution >= 0.6 is 0 Å². The molecule has 106 valence electrons. The summed E-state index contributed by atoms with van der Waals surface area (Å²) in [7, 11) is 1.42. The third kappa shape index (κ3) is 3.44. The molecular formula is C14H19FO4. The zero-order valence-electron chi connectivity index (χ0n) is 11.6. The van der Waals surface area contributed by atoms with Crippen molar-refractivity contribution >= 4 is 5.97 Å². The molecule has 0 aliphatic rings. The first-order valence-corrected chi connectivity index (χ1v) is 6.14. The molecule has 1 rings (SSSR count). The van der Waals surface area contributed by atoms with E-state index < -0.39 is 17.9 Å². The zero-order chi connectivity index (χ0) is 14.6. The first-order valence-electron chi connectivity index (χ1n) is 6.14. The van der Waals surface area contributed by atoms with Crippen molar-refractivity contribution < 1.29 is 23.8 Å². The van der Waals surface area contributed by atoms with Crippen molar-refractivity contribution in [2.45, 2.75) is 32.8 Å². The van der Waals surface area contributed by atoms with Crippen LogP contribution in [0.25, 0.3) is 0 Å². The minimum Gasteiger partial charge on any atom is -0.496 e. The quantitative estimate of drug-likeness (QED) is 0.835. The molecule has 0 aliphatic carbocycles. The summed E-state index contributed by atoms with van der Waals surface area (Å²) in [6, 6.07) is 2.60. The fraction of sp³-hybridized carbons (Fsp3) is 0.500. The summed E-state index contributed by atoms with van der Waals surface area (Å²) in [5, 5.41) is 9.80. The van der Waals surface area contributed by atoms with E-state index in [-0.39, 0.29) is 18.1 Å². The second kappa shape index (κ2) is 6.52. The third-order valence-corrected chi connectivity index (χ3v) is 2.74. The maximum atomic E-state index is 14.0. The molecule has 0 aliphatic heterocycles. The third-order valence-electron chi connectivity index (χ3n) is 2.74. The SMILES string of the molecule is CCOC(=O)C(O)c1cc(F)c(C(C)C)c(OC)c1. The minimum absolute atomic E-state index is 0.0660. The van der Waals surface area contributed by atoms with Gasteiger partial charge in [-0.2, -0.15) is 0 Å². The molecule has 0 bridgehead atoms.